The van der Waals surface area contributed by atoms with Crippen LogP contribution in [0.25, 0.3) is 0 Å². The fourth-order valence-corrected chi connectivity index (χ4v) is 1.74. The van der Waals surface area contributed by atoms with E-state index >= 15 is 0 Å². The topological polar surface area (TPSA) is 318 Å². The number of H-pyrrole nitrogens is 6. The van der Waals surface area contributed by atoms with Crippen molar-refractivity contribution in [1.82, 2.24) is 29.9 Å². The van der Waals surface area contributed by atoms with Gasteiger partial charge >= 0.3 is 34.4 Å². The van der Waals surface area contributed by atoms with Crippen LogP contribution in [0.1, 0.15) is 31.5 Å². The van der Waals surface area contributed by atoms with E-state index in [9.17, 15) is 58.5 Å². The molecule has 0 bridgehead atoms. The van der Waals surface area contributed by atoms with Gasteiger partial charge in [-0.05, 0) is 0 Å². The zero-order valence-electron chi connectivity index (χ0n) is 16.0. The molecule has 0 aliphatic heterocycles. The van der Waals surface area contributed by atoms with E-state index in [1.165, 1.54) is 0 Å². The first-order valence-electron chi connectivity index (χ1n) is 7.93. The van der Waals surface area contributed by atoms with Crippen LogP contribution >= 0.6 is 0 Å². The molecule has 18 nitrogen and oxygen atoms in total. The molecular formula is C15H9CrN6O12. The van der Waals surface area contributed by atoms with Gasteiger partial charge in [0.15, 0.2) is 0 Å². The van der Waals surface area contributed by atoms with Crippen LogP contribution in [0.2, 0.25) is 0 Å². The van der Waals surface area contributed by atoms with Crippen molar-refractivity contribution < 1.29 is 47.1 Å². The number of carbonyl (C=O) groups is 3. The fourth-order valence-electron chi connectivity index (χ4n) is 1.74. The molecule has 3 heterocycles. The Bertz CT molecular complexity index is 1270. The van der Waals surface area contributed by atoms with E-state index in [1.54, 1.807) is 0 Å². The first-order chi connectivity index (χ1) is 15.3. The third kappa shape index (κ3) is 9.86. The van der Waals surface area contributed by atoms with Gasteiger partial charge in [-0.1, -0.05) is 0 Å². The first-order valence-corrected chi connectivity index (χ1v) is 7.93. The summed E-state index contributed by atoms with van der Waals surface area (Å²) in [5.41, 5.74) is -6.49. The number of carboxylic acids is 3. The summed E-state index contributed by atoms with van der Waals surface area (Å²) in [6.07, 6.45) is 0. The quantitative estimate of drug-likeness (QED) is 0.189. The van der Waals surface area contributed by atoms with Gasteiger partial charge in [0, 0.05) is 18.2 Å². The van der Waals surface area contributed by atoms with Crippen molar-refractivity contribution in [3.8, 4) is 0 Å². The SMILES string of the molecule is O=C([O-])c1cc(=O)[nH]c(=O)[nH]1.O=C([O-])c1cc(=O)[nH]c(=O)[nH]1.O=C([O-])c1cc(=O)[nH]c(=O)[nH]1.[Cr+3]. The number of carbonyl (C=O) groups excluding carboxylic acids is 3. The Morgan fingerprint density at radius 3 is 0.824 bits per heavy atom. The van der Waals surface area contributed by atoms with E-state index in [1.807, 2.05) is 29.9 Å². The van der Waals surface area contributed by atoms with Crippen LogP contribution in [-0.2, 0) is 17.4 Å². The molecule has 0 fully saturated rings. The Kier molecular flexibility index (Phi) is 10.9. The fraction of sp³-hybridized carbons (Fsp3) is 0. The van der Waals surface area contributed by atoms with Crippen LogP contribution in [0.4, 0.5) is 0 Å². The average molecular weight is 517 g/mol. The predicted molar refractivity (Wildman–Crippen MR) is 96.0 cm³/mol. The molecule has 3 rings (SSSR count). The van der Waals surface area contributed by atoms with Gasteiger partial charge < -0.3 is 44.7 Å². The van der Waals surface area contributed by atoms with E-state index in [-0.39, 0.29) is 17.4 Å². The van der Waals surface area contributed by atoms with Gasteiger partial charge in [-0.25, -0.2) is 14.4 Å². The molecule has 0 aliphatic rings. The third-order valence-electron chi connectivity index (χ3n) is 2.94. The van der Waals surface area contributed by atoms with Crippen LogP contribution in [0.15, 0.2) is 47.0 Å². The van der Waals surface area contributed by atoms with Crippen molar-refractivity contribution in [1.29, 1.82) is 0 Å². The molecule has 0 saturated heterocycles. The summed E-state index contributed by atoms with van der Waals surface area (Å²) in [5.74, 6) is -4.77. The van der Waals surface area contributed by atoms with Gasteiger partial charge in [0.1, 0.15) is 0 Å². The molecule has 19 heteroatoms. The summed E-state index contributed by atoms with van der Waals surface area (Å²) < 4.78 is 0. The van der Waals surface area contributed by atoms with E-state index < -0.39 is 68.7 Å². The monoisotopic (exact) mass is 517 g/mol. The largest absolute Gasteiger partial charge is 3.00 e. The van der Waals surface area contributed by atoms with E-state index in [0.717, 1.165) is 18.2 Å². The van der Waals surface area contributed by atoms with Crippen LogP contribution in [0.5, 0.6) is 0 Å². The van der Waals surface area contributed by atoms with Crippen LogP contribution < -0.4 is 49.1 Å². The predicted octanol–water partition coefficient (Wildman–Crippen LogP) is -7.72. The Morgan fingerprint density at radius 2 is 0.676 bits per heavy atom. The third-order valence-corrected chi connectivity index (χ3v) is 2.94. The van der Waals surface area contributed by atoms with Gasteiger partial charge in [-0.15, -0.1) is 0 Å². The molecule has 34 heavy (non-hydrogen) atoms. The maximum atomic E-state index is 10.4. The number of aromatic nitrogens is 6. The molecule has 1 radical (unpaired) electrons. The van der Waals surface area contributed by atoms with Gasteiger partial charge in [0.05, 0.1) is 35.0 Å². The molecule has 0 unspecified atom stereocenters. The molecular weight excluding hydrogens is 508 g/mol. The van der Waals surface area contributed by atoms with Crippen molar-refractivity contribution in [2.75, 3.05) is 0 Å². The molecule has 0 spiro atoms. The summed E-state index contributed by atoms with van der Waals surface area (Å²) in [5, 5.41) is 30.2. The molecule has 3 aromatic rings. The van der Waals surface area contributed by atoms with Gasteiger partial charge in [-0.3, -0.25) is 29.3 Å². The molecule has 3 aromatic heterocycles. The van der Waals surface area contributed by atoms with Crippen molar-refractivity contribution >= 4 is 17.9 Å². The van der Waals surface area contributed by atoms with Gasteiger partial charge in [-0.2, -0.15) is 0 Å². The minimum Gasteiger partial charge on any atom is -0.543 e. The van der Waals surface area contributed by atoms with Gasteiger partial charge in [0.2, 0.25) is 0 Å². The molecule has 0 aromatic carbocycles. The number of nitrogens with one attached hydrogen (secondary N) is 6. The van der Waals surface area contributed by atoms with Crippen molar-refractivity contribution in [3.05, 3.63) is 97.8 Å². The van der Waals surface area contributed by atoms with Crippen molar-refractivity contribution in [2.24, 2.45) is 0 Å². The van der Waals surface area contributed by atoms with Crippen LogP contribution in [-0.4, -0.2) is 47.8 Å². The number of hydrogen-bond donors (Lipinski definition) is 6. The second-order valence-corrected chi connectivity index (χ2v) is 5.37. The number of rotatable bonds is 3. The average Bonchev–Trinajstić information content (AvgIpc) is 2.66. The van der Waals surface area contributed by atoms with Crippen LogP contribution in [0.3, 0.4) is 0 Å². The minimum absolute atomic E-state index is 0. The second kappa shape index (κ2) is 12.7. The summed E-state index contributed by atoms with van der Waals surface area (Å²) in [6.45, 7) is 0. The number of aromatic carboxylic acids is 3. The molecule has 0 saturated carbocycles. The normalized spacial score (nSPS) is 9.18. The molecule has 0 aliphatic carbocycles. The summed E-state index contributed by atoms with van der Waals surface area (Å²) in [4.78, 5) is 104. The zero-order chi connectivity index (χ0) is 25.3. The van der Waals surface area contributed by atoms with Crippen LogP contribution in [0, 0.1) is 0 Å². The number of hydrogen-bond acceptors (Lipinski definition) is 12. The Balaban J connectivity index is 0.000000473. The minimum atomic E-state index is -1.59. The smallest absolute Gasteiger partial charge is 0.543 e. The Labute approximate surface area is 193 Å². The Morgan fingerprint density at radius 1 is 0.471 bits per heavy atom. The van der Waals surface area contributed by atoms with Crippen molar-refractivity contribution in [3.63, 3.8) is 0 Å². The molecule has 0 atom stereocenters. The number of carboxylic acid groups (broad SMARTS) is 3. The summed E-state index contributed by atoms with van der Waals surface area (Å²) in [7, 11) is 0. The number of aromatic amines is 6. The van der Waals surface area contributed by atoms with Gasteiger partial charge in [0.25, 0.3) is 16.7 Å². The van der Waals surface area contributed by atoms with E-state index in [0.29, 0.717) is 0 Å². The molecule has 0 amide bonds. The zero-order valence-corrected chi connectivity index (χ0v) is 17.3. The second-order valence-electron chi connectivity index (χ2n) is 5.37. The summed E-state index contributed by atoms with van der Waals surface area (Å²) >= 11 is 0. The first kappa shape index (κ1) is 29.0. The maximum absolute atomic E-state index is 10.4. The van der Waals surface area contributed by atoms with Crippen molar-refractivity contribution in [2.45, 2.75) is 0 Å². The standard InChI is InChI=1S/3C5H4N2O4.Cr/c3*8-3-1-2(4(9)10)6-5(11)7-3;/h3*1H,(H,9,10)(H2,6,7,8,11);/q;;;+3/p-3. The molecule has 177 valence electrons. The molecule has 6 N–H and O–H groups in total. The summed E-state index contributed by atoms with van der Waals surface area (Å²) in [6, 6.07) is 2.20. The van der Waals surface area contributed by atoms with E-state index in [2.05, 4.69) is 0 Å². The Hall–Kier alpha value is -5.02. The van der Waals surface area contributed by atoms with E-state index in [4.69, 9.17) is 0 Å². The maximum Gasteiger partial charge on any atom is 3.00 e.